The summed E-state index contributed by atoms with van der Waals surface area (Å²) in [5.74, 6) is 0.115. The molecule has 0 unspecified atom stereocenters. The van der Waals surface area contributed by atoms with E-state index >= 15 is 0 Å². The molecule has 0 aromatic carbocycles. The molecule has 1 aliphatic carbocycles. The van der Waals surface area contributed by atoms with Gasteiger partial charge in [-0.25, -0.2) is 0 Å². The maximum Gasteiger partial charge on any atom is 0.220 e. The van der Waals surface area contributed by atoms with Gasteiger partial charge in [0.1, 0.15) is 0 Å². The second-order valence-electron chi connectivity index (χ2n) is 4.36. The first-order valence-electron chi connectivity index (χ1n) is 5.88. The van der Waals surface area contributed by atoms with Crippen LogP contribution in [0, 0.1) is 0 Å². The number of aliphatic hydroxyl groups excluding tert-OH is 1. The van der Waals surface area contributed by atoms with E-state index in [0.29, 0.717) is 24.9 Å². The molecule has 0 aromatic rings. The molecule has 0 saturated heterocycles. The van der Waals surface area contributed by atoms with E-state index in [0.717, 1.165) is 32.1 Å². The van der Waals surface area contributed by atoms with Crippen LogP contribution in [-0.4, -0.2) is 29.7 Å². The maximum absolute atomic E-state index is 11.4. The van der Waals surface area contributed by atoms with Crippen molar-refractivity contribution in [1.82, 2.24) is 5.32 Å². The zero-order chi connectivity index (χ0) is 11.1. The quantitative estimate of drug-likeness (QED) is 0.584. The summed E-state index contributed by atoms with van der Waals surface area (Å²) in [4.78, 5) is 11.4. The van der Waals surface area contributed by atoms with Crippen molar-refractivity contribution in [2.24, 2.45) is 5.73 Å². The summed E-state index contributed by atoms with van der Waals surface area (Å²) >= 11 is 0. The topological polar surface area (TPSA) is 75.3 Å². The molecule has 4 nitrogen and oxygen atoms in total. The van der Waals surface area contributed by atoms with E-state index in [4.69, 9.17) is 10.8 Å². The molecule has 0 aromatic heterocycles. The summed E-state index contributed by atoms with van der Waals surface area (Å²) in [6, 6.07) is 0.652. The average molecular weight is 214 g/mol. The van der Waals surface area contributed by atoms with E-state index in [1.54, 1.807) is 0 Å². The molecule has 0 radical (unpaired) electrons. The number of amides is 1. The summed E-state index contributed by atoms with van der Waals surface area (Å²) < 4.78 is 0. The van der Waals surface area contributed by atoms with Crippen LogP contribution < -0.4 is 11.1 Å². The van der Waals surface area contributed by atoms with Gasteiger partial charge in [-0.3, -0.25) is 4.79 Å². The Morgan fingerprint density at radius 3 is 2.53 bits per heavy atom. The predicted octanol–water partition coefficient (Wildman–Crippen LogP) is 0.535. The van der Waals surface area contributed by atoms with Gasteiger partial charge in [0.15, 0.2) is 0 Å². The zero-order valence-corrected chi connectivity index (χ0v) is 9.24. The number of nitrogens with two attached hydrogens (primary N) is 1. The van der Waals surface area contributed by atoms with Crippen molar-refractivity contribution in [2.45, 2.75) is 57.0 Å². The number of hydrogen-bond donors (Lipinski definition) is 3. The monoisotopic (exact) mass is 214 g/mol. The molecular weight excluding hydrogens is 192 g/mol. The molecular formula is C11H22N2O2. The molecule has 4 heteroatoms. The number of carbonyl (C=O) groups excluding carboxylic acids is 1. The first kappa shape index (κ1) is 12.5. The van der Waals surface area contributed by atoms with E-state index < -0.39 is 0 Å². The Morgan fingerprint density at radius 2 is 1.93 bits per heavy atom. The smallest absolute Gasteiger partial charge is 0.220 e. The summed E-state index contributed by atoms with van der Waals surface area (Å²) in [5, 5.41) is 11.6. The molecule has 88 valence electrons. The fourth-order valence-corrected chi connectivity index (χ4v) is 1.96. The molecule has 1 saturated carbocycles. The first-order valence-corrected chi connectivity index (χ1v) is 5.88. The maximum atomic E-state index is 11.4. The highest BCUT2D eigenvalue weighted by molar-refractivity contribution is 5.76. The number of aliphatic hydroxyl groups is 1. The van der Waals surface area contributed by atoms with Crippen LogP contribution in [0.1, 0.15) is 44.9 Å². The Hall–Kier alpha value is -0.610. The molecule has 1 aliphatic rings. The third-order valence-electron chi connectivity index (χ3n) is 2.95. The van der Waals surface area contributed by atoms with Crippen molar-refractivity contribution in [3.8, 4) is 0 Å². The molecule has 0 aliphatic heterocycles. The van der Waals surface area contributed by atoms with Gasteiger partial charge in [-0.2, -0.15) is 0 Å². The standard InChI is InChI=1S/C11H22N2O2/c12-9-4-6-10(7-5-9)13-11(15)3-1-2-8-14/h9-10,14H,1-8,12H2,(H,13,15). The molecule has 15 heavy (non-hydrogen) atoms. The Balaban J connectivity index is 2.09. The summed E-state index contributed by atoms with van der Waals surface area (Å²) in [6.07, 6.45) is 6.06. The van der Waals surface area contributed by atoms with E-state index in [9.17, 15) is 4.79 Å². The SMILES string of the molecule is NC1CCC(NC(=O)CCCCO)CC1. The van der Waals surface area contributed by atoms with Crippen LogP contribution >= 0.6 is 0 Å². The minimum absolute atomic E-state index is 0.115. The minimum atomic E-state index is 0.115. The molecule has 1 rings (SSSR count). The lowest BCUT2D eigenvalue weighted by atomic mass is 9.92. The van der Waals surface area contributed by atoms with Gasteiger partial charge >= 0.3 is 0 Å². The van der Waals surface area contributed by atoms with Crippen LogP contribution in [0.3, 0.4) is 0 Å². The van der Waals surface area contributed by atoms with Gasteiger partial charge in [-0.1, -0.05) is 0 Å². The Morgan fingerprint density at radius 1 is 1.27 bits per heavy atom. The lowest BCUT2D eigenvalue weighted by Gasteiger charge is -2.26. The summed E-state index contributed by atoms with van der Waals surface area (Å²) in [5.41, 5.74) is 5.79. The molecule has 1 amide bonds. The van der Waals surface area contributed by atoms with Crippen LogP contribution in [0.5, 0.6) is 0 Å². The van der Waals surface area contributed by atoms with E-state index in [1.807, 2.05) is 0 Å². The van der Waals surface area contributed by atoms with E-state index in [1.165, 1.54) is 0 Å². The highest BCUT2D eigenvalue weighted by Crippen LogP contribution is 2.16. The third-order valence-corrected chi connectivity index (χ3v) is 2.95. The van der Waals surface area contributed by atoms with Gasteiger partial charge < -0.3 is 16.2 Å². The highest BCUT2D eigenvalue weighted by Gasteiger charge is 2.19. The van der Waals surface area contributed by atoms with Gasteiger partial charge in [0.2, 0.25) is 5.91 Å². The van der Waals surface area contributed by atoms with Crippen molar-refractivity contribution in [2.75, 3.05) is 6.61 Å². The van der Waals surface area contributed by atoms with Gasteiger partial charge in [-0.15, -0.1) is 0 Å². The second-order valence-corrected chi connectivity index (χ2v) is 4.36. The van der Waals surface area contributed by atoms with Crippen molar-refractivity contribution in [3.63, 3.8) is 0 Å². The number of hydrogen-bond acceptors (Lipinski definition) is 3. The first-order chi connectivity index (χ1) is 7.22. The van der Waals surface area contributed by atoms with E-state index in [2.05, 4.69) is 5.32 Å². The highest BCUT2D eigenvalue weighted by atomic mass is 16.2. The molecule has 1 fully saturated rings. The largest absolute Gasteiger partial charge is 0.396 e. The number of carbonyl (C=O) groups is 1. The lowest BCUT2D eigenvalue weighted by Crippen LogP contribution is -2.40. The van der Waals surface area contributed by atoms with Gasteiger partial charge in [0.05, 0.1) is 0 Å². The number of unbranched alkanes of at least 4 members (excludes halogenated alkanes) is 1. The predicted molar refractivity (Wildman–Crippen MR) is 59.3 cm³/mol. The van der Waals surface area contributed by atoms with Gasteiger partial charge in [0, 0.05) is 25.1 Å². The van der Waals surface area contributed by atoms with Crippen molar-refractivity contribution in [3.05, 3.63) is 0 Å². The zero-order valence-electron chi connectivity index (χ0n) is 9.24. The molecule has 0 heterocycles. The third kappa shape index (κ3) is 5.14. The van der Waals surface area contributed by atoms with Crippen molar-refractivity contribution in [1.29, 1.82) is 0 Å². The Labute approximate surface area is 91.2 Å². The van der Waals surface area contributed by atoms with Crippen LogP contribution in [0.2, 0.25) is 0 Å². The summed E-state index contributed by atoms with van der Waals surface area (Å²) in [6.45, 7) is 0.172. The van der Waals surface area contributed by atoms with E-state index in [-0.39, 0.29) is 12.5 Å². The molecule has 0 atom stereocenters. The number of nitrogens with one attached hydrogen (secondary N) is 1. The van der Waals surface area contributed by atoms with Gasteiger partial charge in [0.25, 0.3) is 0 Å². The van der Waals surface area contributed by atoms with Crippen LogP contribution in [0.25, 0.3) is 0 Å². The van der Waals surface area contributed by atoms with Crippen molar-refractivity contribution >= 4 is 5.91 Å². The fraction of sp³-hybridized carbons (Fsp3) is 0.909. The number of rotatable bonds is 5. The summed E-state index contributed by atoms with van der Waals surface area (Å²) in [7, 11) is 0. The lowest BCUT2D eigenvalue weighted by molar-refractivity contribution is -0.122. The molecule has 4 N–H and O–H groups in total. The van der Waals surface area contributed by atoms with Crippen molar-refractivity contribution < 1.29 is 9.90 Å². The van der Waals surface area contributed by atoms with Crippen LogP contribution in [0.15, 0.2) is 0 Å². The Bertz CT molecular complexity index is 189. The van der Waals surface area contributed by atoms with Crippen LogP contribution in [0.4, 0.5) is 0 Å². The Kier molecular flexibility index (Phi) is 5.65. The molecule has 0 bridgehead atoms. The van der Waals surface area contributed by atoms with Gasteiger partial charge in [-0.05, 0) is 38.5 Å². The normalized spacial score (nSPS) is 26.3. The molecule has 0 spiro atoms. The second kappa shape index (κ2) is 6.80. The fourth-order valence-electron chi connectivity index (χ4n) is 1.96. The minimum Gasteiger partial charge on any atom is -0.396 e. The average Bonchev–Trinajstić information content (AvgIpc) is 2.22. The van der Waals surface area contributed by atoms with Crippen LogP contribution in [-0.2, 0) is 4.79 Å².